The first-order valence-corrected chi connectivity index (χ1v) is 13.6. The number of phenols is 1. The fourth-order valence-electron chi connectivity index (χ4n) is 6.47. The van der Waals surface area contributed by atoms with Crippen LogP contribution in [0, 0.1) is 0 Å². The zero-order chi connectivity index (χ0) is 28.0. The van der Waals surface area contributed by atoms with Crippen molar-refractivity contribution in [3.8, 4) is 11.5 Å². The number of urea groups is 1. The molecule has 2 atom stereocenters. The molecule has 3 aliphatic heterocycles. The van der Waals surface area contributed by atoms with Crippen molar-refractivity contribution in [2.24, 2.45) is 0 Å². The van der Waals surface area contributed by atoms with Crippen LogP contribution in [0.2, 0.25) is 0 Å². The molecule has 3 aromatic rings. The third kappa shape index (κ3) is 4.60. The summed E-state index contributed by atoms with van der Waals surface area (Å²) in [4.78, 5) is 36.7. The van der Waals surface area contributed by atoms with E-state index in [1.165, 1.54) is 11.0 Å². The Balaban J connectivity index is 1.36. The van der Waals surface area contributed by atoms with Crippen molar-refractivity contribution in [2.45, 2.75) is 50.8 Å². The molecule has 1 aromatic heterocycles. The average Bonchev–Trinajstić information content (AvgIpc) is 3.36. The summed E-state index contributed by atoms with van der Waals surface area (Å²) in [5.74, 6) is -0.110. The minimum absolute atomic E-state index is 0.0319. The Bertz CT molecular complexity index is 1490. The second kappa shape index (κ2) is 10.2. The number of fused-ring (bicyclic) bond motifs is 4. The second-order valence-corrected chi connectivity index (χ2v) is 11.0. The van der Waals surface area contributed by atoms with E-state index < -0.39 is 18.2 Å². The first kappa shape index (κ1) is 26.3. The SMILES string of the molecule is C[C@@]12Cc3c([nH]c4ccc(OC(F)F)cc34)C(Cc3cccc(O)c3)N1C(=O)N(CCCN1CC=CCC1)C2=O. The predicted octanol–water partition coefficient (Wildman–Crippen LogP) is 4.99. The number of aromatic nitrogens is 1. The molecule has 2 aromatic carbocycles. The molecule has 0 spiro atoms. The number of carbonyl (C=O) groups is 2. The lowest BCUT2D eigenvalue weighted by atomic mass is 9.81. The number of benzene rings is 2. The van der Waals surface area contributed by atoms with Crippen LogP contribution in [-0.4, -0.2) is 75.1 Å². The van der Waals surface area contributed by atoms with E-state index in [-0.39, 0.29) is 29.9 Å². The number of hydrogen-bond acceptors (Lipinski definition) is 5. The number of ether oxygens (including phenoxy) is 1. The van der Waals surface area contributed by atoms with Crippen LogP contribution in [0.1, 0.15) is 42.6 Å². The van der Waals surface area contributed by atoms with Crippen LogP contribution in [0.25, 0.3) is 10.9 Å². The number of phenolic OH excluding ortho intramolecular Hbond substituents is 1. The van der Waals surface area contributed by atoms with Gasteiger partial charge in [-0.05, 0) is 67.6 Å². The van der Waals surface area contributed by atoms with E-state index in [1.807, 2.05) is 6.07 Å². The summed E-state index contributed by atoms with van der Waals surface area (Å²) in [5, 5.41) is 10.8. The van der Waals surface area contributed by atoms with Gasteiger partial charge in [-0.25, -0.2) is 4.79 Å². The molecule has 0 saturated carbocycles. The van der Waals surface area contributed by atoms with Crippen molar-refractivity contribution in [2.75, 3.05) is 26.2 Å². The van der Waals surface area contributed by atoms with Crippen LogP contribution < -0.4 is 4.74 Å². The van der Waals surface area contributed by atoms with Crippen LogP contribution in [-0.2, 0) is 17.6 Å². The van der Waals surface area contributed by atoms with Gasteiger partial charge in [0.2, 0.25) is 0 Å². The Morgan fingerprint density at radius 3 is 2.75 bits per heavy atom. The summed E-state index contributed by atoms with van der Waals surface area (Å²) in [5.41, 5.74) is 1.94. The molecule has 3 amide bonds. The zero-order valence-corrected chi connectivity index (χ0v) is 22.3. The highest BCUT2D eigenvalue weighted by Crippen LogP contribution is 2.48. The standard InChI is InChI=1S/C30H32F2N4O4/c1-30-18-23-22-17-21(40-28(31)32)9-10-24(22)33-26(23)25(16-19-7-5-8-20(37)15-19)36(30)29(39)35(27(30)38)14-6-13-34-11-3-2-4-12-34/h2-3,5,7-10,15,17,25,28,33,37H,4,6,11-14,16,18H2,1H3/t25?,30-/m0/s1. The molecule has 1 fully saturated rings. The number of nitrogens with one attached hydrogen (secondary N) is 1. The maximum absolute atomic E-state index is 14.0. The number of halogens is 2. The van der Waals surface area contributed by atoms with Gasteiger partial charge in [-0.2, -0.15) is 8.78 Å². The molecule has 0 radical (unpaired) electrons. The highest BCUT2D eigenvalue weighted by molar-refractivity contribution is 6.08. The number of nitrogens with zero attached hydrogens (tertiary/aromatic N) is 3. The lowest BCUT2D eigenvalue weighted by Gasteiger charge is -2.42. The van der Waals surface area contributed by atoms with E-state index >= 15 is 0 Å². The summed E-state index contributed by atoms with van der Waals surface area (Å²) in [6.45, 7) is 1.79. The Hall–Kier alpha value is -3.92. The molecule has 210 valence electrons. The molecule has 3 aliphatic rings. The van der Waals surface area contributed by atoms with Gasteiger partial charge in [0.05, 0.1) is 6.04 Å². The quantitative estimate of drug-likeness (QED) is 0.305. The first-order valence-electron chi connectivity index (χ1n) is 13.6. The van der Waals surface area contributed by atoms with Gasteiger partial charge in [-0.1, -0.05) is 24.3 Å². The van der Waals surface area contributed by atoms with Crippen molar-refractivity contribution in [3.63, 3.8) is 0 Å². The van der Waals surface area contributed by atoms with Crippen molar-refractivity contribution in [1.29, 1.82) is 0 Å². The van der Waals surface area contributed by atoms with Crippen LogP contribution in [0.5, 0.6) is 11.5 Å². The van der Waals surface area contributed by atoms with Crippen LogP contribution in [0.3, 0.4) is 0 Å². The third-order valence-corrected chi connectivity index (χ3v) is 8.31. The molecule has 6 rings (SSSR count). The topological polar surface area (TPSA) is 89.1 Å². The number of imide groups is 1. The maximum atomic E-state index is 14.0. The molecular weight excluding hydrogens is 518 g/mol. The van der Waals surface area contributed by atoms with Crippen molar-refractivity contribution < 1.29 is 28.2 Å². The van der Waals surface area contributed by atoms with E-state index in [4.69, 9.17) is 0 Å². The monoisotopic (exact) mass is 550 g/mol. The Kier molecular flexibility index (Phi) is 6.74. The molecule has 2 N–H and O–H groups in total. The minimum atomic E-state index is -2.96. The first-order chi connectivity index (χ1) is 19.2. The number of alkyl halides is 2. The van der Waals surface area contributed by atoms with Gasteiger partial charge in [0, 0.05) is 49.2 Å². The Morgan fingerprint density at radius 2 is 2.00 bits per heavy atom. The van der Waals surface area contributed by atoms with Crippen molar-refractivity contribution in [1.82, 2.24) is 19.7 Å². The van der Waals surface area contributed by atoms with Gasteiger partial charge in [0.15, 0.2) is 0 Å². The molecule has 4 heterocycles. The van der Waals surface area contributed by atoms with E-state index in [2.05, 4.69) is 26.8 Å². The molecule has 40 heavy (non-hydrogen) atoms. The summed E-state index contributed by atoms with van der Waals surface area (Å²) >= 11 is 0. The maximum Gasteiger partial charge on any atom is 0.387 e. The van der Waals surface area contributed by atoms with Crippen molar-refractivity contribution in [3.05, 3.63) is 71.4 Å². The van der Waals surface area contributed by atoms with Crippen molar-refractivity contribution >= 4 is 22.8 Å². The highest BCUT2D eigenvalue weighted by Gasteiger charge is 2.59. The number of hydrogen-bond donors (Lipinski definition) is 2. The predicted molar refractivity (Wildman–Crippen MR) is 145 cm³/mol. The number of H-pyrrole nitrogens is 1. The summed E-state index contributed by atoms with van der Waals surface area (Å²) in [6, 6.07) is 10.7. The lowest BCUT2D eigenvalue weighted by Crippen LogP contribution is -2.53. The molecule has 10 heteroatoms. The third-order valence-electron chi connectivity index (χ3n) is 8.31. The normalized spacial score (nSPS) is 22.9. The van der Waals surface area contributed by atoms with E-state index in [9.17, 15) is 23.5 Å². The van der Waals surface area contributed by atoms with E-state index in [0.717, 1.165) is 42.9 Å². The summed E-state index contributed by atoms with van der Waals surface area (Å²) in [7, 11) is 0. The largest absolute Gasteiger partial charge is 0.508 e. The summed E-state index contributed by atoms with van der Waals surface area (Å²) in [6.07, 6.45) is 6.58. The van der Waals surface area contributed by atoms with Crippen LogP contribution in [0.15, 0.2) is 54.6 Å². The van der Waals surface area contributed by atoms with Gasteiger partial charge in [-0.3, -0.25) is 14.6 Å². The van der Waals surface area contributed by atoms with Gasteiger partial charge in [0.25, 0.3) is 5.91 Å². The van der Waals surface area contributed by atoms with Crippen LogP contribution >= 0.6 is 0 Å². The van der Waals surface area contributed by atoms with E-state index in [0.29, 0.717) is 30.3 Å². The molecular formula is C30H32F2N4O4. The lowest BCUT2D eigenvalue weighted by molar-refractivity contribution is -0.133. The number of rotatable bonds is 8. The molecule has 8 nitrogen and oxygen atoms in total. The smallest absolute Gasteiger partial charge is 0.387 e. The van der Waals surface area contributed by atoms with Gasteiger partial charge in [0.1, 0.15) is 17.0 Å². The fraction of sp³-hybridized carbons (Fsp3) is 0.400. The van der Waals surface area contributed by atoms with Crippen LogP contribution in [0.4, 0.5) is 13.6 Å². The van der Waals surface area contributed by atoms with Gasteiger partial charge in [-0.15, -0.1) is 0 Å². The minimum Gasteiger partial charge on any atom is -0.508 e. The van der Waals surface area contributed by atoms with Gasteiger partial charge >= 0.3 is 12.6 Å². The van der Waals surface area contributed by atoms with E-state index in [1.54, 1.807) is 42.2 Å². The second-order valence-electron chi connectivity index (χ2n) is 11.0. The summed E-state index contributed by atoms with van der Waals surface area (Å²) < 4.78 is 30.6. The Morgan fingerprint density at radius 1 is 1.15 bits per heavy atom. The number of aromatic amines is 1. The average molecular weight is 551 g/mol. The number of carbonyl (C=O) groups excluding carboxylic acids is 2. The molecule has 1 saturated heterocycles. The molecule has 1 unspecified atom stereocenters. The van der Waals surface area contributed by atoms with Gasteiger partial charge < -0.3 is 19.7 Å². The number of amides is 3. The number of aromatic hydroxyl groups is 1. The highest BCUT2D eigenvalue weighted by atomic mass is 19.3. The molecule has 0 bridgehead atoms. The zero-order valence-electron chi connectivity index (χ0n) is 22.3. The fourth-order valence-corrected chi connectivity index (χ4v) is 6.47. The molecule has 0 aliphatic carbocycles. The Labute approximate surface area is 230 Å².